The molecule has 7 nitrogen and oxygen atoms in total. The van der Waals surface area contributed by atoms with E-state index in [9.17, 15) is 4.79 Å². The Morgan fingerprint density at radius 3 is 2.94 bits per heavy atom. The minimum Gasteiger partial charge on any atom is -0.478 e. The van der Waals surface area contributed by atoms with E-state index in [1.54, 1.807) is 15.6 Å². The van der Waals surface area contributed by atoms with Crippen LogP contribution in [0.3, 0.4) is 0 Å². The summed E-state index contributed by atoms with van der Waals surface area (Å²) in [6, 6.07) is 0.208. The van der Waals surface area contributed by atoms with Crippen molar-refractivity contribution in [2.24, 2.45) is 7.05 Å². The molecule has 0 radical (unpaired) electrons. The lowest BCUT2D eigenvalue weighted by atomic mass is 10.3. The van der Waals surface area contributed by atoms with Crippen LogP contribution < -0.4 is 0 Å². The largest absolute Gasteiger partial charge is 0.478 e. The Labute approximate surface area is 96.7 Å². The molecule has 0 spiro atoms. The molecule has 2 aromatic heterocycles. The van der Waals surface area contributed by atoms with Gasteiger partial charge in [-0.25, -0.2) is 4.79 Å². The highest BCUT2D eigenvalue weighted by Crippen LogP contribution is 2.50. The highest BCUT2D eigenvalue weighted by atomic mass is 16.4. The molecule has 3 rings (SSSR count). The van der Waals surface area contributed by atoms with Crippen LogP contribution in [-0.2, 0) is 7.05 Å². The van der Waals surface area contributed by atoms with E-state index in [0.29, 0.717) is 5.92 Å². The molecule has 0 aliphatic heterocycles. The summed E-state index contributed by atoms with van der Waals surface area (Å²) in [4.78, 5) is 10.7. The number of nitrogens with zero attached hydrogens (tertiary/aromatic N) is 5. The lowest BCUT2D eigenvalue weighted by Gasteiger charge is -1.96. The molecule has 1 saturated carbocycles. The molecule has 0 saturated heterocycles. The van der Waals surface area contributed by atoms with Crippen LogP contribution in [-0.4, -0.2) is 35.9 Å². The van der Waals surface area contributed by atoms with E-state index in [4.69, 9.17) is 5.11 Å². The quantitative estimate of drug-likeness (QED) is 0.831. The number of carboxylic acid groups (broad SMARTS) is 1. The van der Waals surface area contributed by atoms with Gasteiger partial charge in [-0.2, -0.15) is 5.10 Å². The second-order valence-corrected chi connectivity index (χ2v) is 4.24. The Morgan fingerprint density at radius 2 is 2.35 bits per heavy atom. The molecule has 1 fully saturated rings. The number of carbonyl (C=O) groups is 1. The number of aryl methyl sites for hydroxylation is 1. The van der Waals surface area contributed by atoms with Crippen LogP contribution in [0.2, 0.25) is 0 Å². The summed E-state index contributed by atoms with van der Waals surface area (Å²) in [6.45, 7) is 0. The lowest BCUT2D eigenvalue weighted by molar-refractivity contribution is 0.0697. The maximum absolute atomic E-state index is 10.7. The van der Waals surface area contributed by atoms with E-state index in [0.717, 1.165) is 12.1 Å². The molecule has 0 aromatic carbocycles. The van der Waals surface area contributed by atoms with Crippen molar-refractivity contribution in [1.82, 2.24) is 24.8 Å². The van der Waals surface area contributed by atoms with Gasteiger partial charge in [0.05, 0.1) is 23.5 Å². The van der Waals surface area contributed by atoms with E-state index in [2.05, 4.69) is 15.4 Å². The highest BCUT2D eigenvalue weighted by Gasteiger charge is 2.42. The van der Waals surface area contributed by atoms with Crippen molar-refractivity contribution in [2.75, 3.05) is 0 Å². The van der Waals surface area contributed by atoms with Crippen LogP contribution in [0, 0.1) is 0 Å². The number of aromatic carboxylic acids is 1. The second kappa shape index (κ2) is 3.41. The first kappa shape index (κ1) is 10.0. The fourth-order valence-corrected chi connectivity index (χ4v) is 1.96. The standard InChI is InChI=1S/C10H11N5O2/c1-14-5-8(12-13-14)7-2-9(7)15-4-6(3-11-15)10(16)17/h3-5,7,9H,2H2,1H3,(H,16,17). The first-order chi connectivity index (χ1) is 8.15. The van der Waals surface area contributed by atoms with Crippen molar-refractivity contribution in [1.29, 1.82) is 0 Å². The van der Waals surface area contributed by atoms with Gasteiger partial charge in [0, 0.05) is 25.4 Å². The van der Waals surface area contributed by atoms with Gasteiger partial charge >= 0.3 is 5.97 Å². The minimum absolute atomic E-state index is 0.208. The summed E-state index contributed by atoms with van der Waals surface area (Å²) in [5, 5.41) is 20.8. The van der Waals surface area contributed by atoms with E-state index < -0.39 is 5.97 Å². The maximum atomic E-state index is 10.7. The molecule has 0 amide bonds. The third kappa shape index (κ3) is 1.69. The molecular weight excluding hydrogens is 222 g/mol. The summed E-state index contributed by atoms with van der Waals surface area (Å²) >= 11 is 0. The van der Waals surface area contributed by atoms with Gasteiger partial charge in [-0.15, -0.1) is 5.10 Å². The second-order valence-electron chi connectivity index (χ2n) is 4.24. The smallest absolute Gasteiger partial charge is 0.338 e. The van der Waals surface area contributed by atoms with Crippen molar-refractivity contribution in [3.8, 4) is 0 Å². The Hall–Kier alpha value is -2.18. The topological polar surface area (TPSA) is 85.8 Å². The van der Waals surface area contributed by atoms with Gasteiger partial charge in [0.1, 0.15) is 0 Å². The Kier molecular flexibility index (Phi) is 2.01. The summed E-state index contributed by atoms with van der Waals surface area (Å²) < 4.78 is 3.36. The van der Waals surface area contributed by atoms with Gasteiger partial charge in [-0.05, 0) is 6.42 Å². The van der Waals surface area contributed by atoms with Crippen LogP contribution >= 0.6 is 0 Å². The van der Waals surface area contributed by atoms with Crippen molar-refractivity contribution >= 4 is 5.97 Å². The van der Waals surface area contributed by atoms with E-state index in [1.165, 1.54) is 6.20 Å². The molecule has 2 heterocycles. The van der Waals surface area contributed by atoms with Crippen molar-refractivity contribution in [3.05, 3.63) is 29.8 Å². The van der Waals surface area contributed by atoms with E-state index in [-0.39, 0.29) is 11.6 Å². The van der Waals surface area contributed by atoms with E-state index in [1.807, 2.05) is 13.2 Å². The molecule has 17 heavy (non-hydrogen) atoms. The van der Waals surface area contributed by atoms with Crippen LogP contribution in [0.1, 0.15) is 34.4 Å². The summed E-state index contributed by atoms with van der Waals surface area (Å²) in [6.07, 6.45) is 5.74. The number of hydrogen-bond acceptors (Lipinski definition) is 4. The molecular formula is C10H11N5O2. The molecule has 7 heteroatoms. The first-order valence-electron chi connectivity index (χ1n) is 5.29. The van der Waals surface area contributed by atoms with Gasteiger partial charge in [0.15, 0.2) is 0 Å². The van der Waals surface area contributed by atoms with Gasteiger partial charge in [0.2, 0.25) is 0 Å². The number of hydrogen-bond donors (Lipinski definition) is 1. The first-order valence-corrected chi connectivity index (χ1v) is 5.29. The predicted octanol–water partition coefficient (Wildman–Crippen LogP) is 0.438. The van der Waals surface area contributed by atoms with Gasteiger partial charge in [-0.3, -0.25) is 9.36 Å². The van der Waals surface area contributed by atoms with Crippen molar-refractivity contribution < 1.29 is 9.90 Å². The van der Waals surface area contributed by atoms with Crippen molar-refractivity contribution in [2.45, 2.75) is 18.4 Å². The highest BCUT2D eigenvalue weighted by molar-refractivity contribution is 5.86. The maximum Gasteiger partial charge on any atom is 0.338 e. The Balaban J connectivity index is 1.77. The number of aromatic nitrogens is 5. The van der Waals surface area contributed by atoms with Gasteiger partial charge in [-0.1, -0.05) is 5.21 Å². The SMILES string of the molecule is Cn1cc(C2CC2n2cc(C(=O)O)cn2)nn1. The van der Waals surface area contributed by atoms with Gasteiger partial charge in [0.25, 0.3) is 0 Å². The molecule has 1 aliphatic rings. The third-order valence-corrected chi connectivity index (χ3v) is 2.95. The summed E-state index contributed by atoms with van der Waals surface area (Å²) in [7, 11) is 1.82. The fraction of sp³-hybridized carbons (Fsp3) is 0.400. The molecule has 1 N–H and O–H groups in total. The third-order valence-electron chi connectivity index (χ3n) is 2.95. The minimum atomic E-state index is -0.951. The normalized spacial score (nSPS) is 22.6. The molecule has 2 unspecified atom stereocenters. The van der Waals surface area contributed by atoms with Crippen LogP contribution in [0.5, 0.6) is 0 Å². The van der Waals surface area contributed by atoms with Gasteiger partial charge < -0.3 is 5.11 Å². The summed E-state index contributed by atoms with van der Waals surface area (Å²) in [5.74, 6) is -0.654. The fourth-order valence-electron chi connectivity index (χ4n) is 1.96. The number of rotatable bonds is 3. The zero-order chi connectivity index (χ0) is 12.0. The molecule has 2 aromatic rings. The Morgan fingerprint density at radius 1 is 1.53 bits per heavy atom. The zero-order valence-corrected chi connectivity index (χ0v) is 9.19. The van der Waals surface area contributed by atoms with Crippen LogP contribution in [0.4, 0.5) is 0 Å². The lowest BCUT2D eigenvalue weighted by Crippen LogP contribution is -1.97. The molecule has 88 valence electrons. The van der Waals surface area contributed by atoms with Crippen LogP contribution in [0.25, 0.3) is 0 Å². The van der Waals surface area contributed by atoms with Crippen LogP contribution in [0.15, 0.2) is 18.6 Å². The zero-order valence-electron chi connectivity index (χ0n) is 9.19. The average molecular weight is 233 g/mol. The van der Waals surface area contributed by atoms with Crippen molar-refractivity contribution in [3.63, 3.8) is 0 Å². The molecule has 1 aliphatic carbocycles. The predicted molar refractivity (Wildman–Crippen MR) is 56.6 cm³/mol. The average Bonchev–Trinajstić information content (AvgIpc) is 2.75. The molecule has 2 atom stereocenters. The Bertz CT molecular complexity index is 573. The van der Waals surface area contributed by atoms with E-state index >= 15 is 0 Å². The monoisotopic (exact) mass is 233 g/mol. The number of carboxylic acids is 1. The summed E-state index contributed by atoms with van der Waals surface area (Å²) in [5.41, 5.74) is 1.15. The molecule has 0 bridgehead atoms.